The number of methoxy groups -OCH3 is 2. The lowest BCUT2D eigenvalue weighted by Gasteiger charge is -2.09. The Morgan fingerprint density at radius 3 is 2.78 bits per heavy atom. The highest BCUT2D eigenvalue weighted by Crippen LogP contribution is 2.20. The molecule has 0 saturated heterocycles. The zero-order chi connectivity index (χ0) is 13.0. The molecule has 2 rings (SSSR count). The van der Waals surface area contributed by atoms with Crippen LogP contribution < -0.4 is 15.0 Å². The molecule has 0 aliphatic carbocycles. The Kier molecular flexibility index (Phi) is 3.57. The molecule has 0 aliphatic rings. The van der Waals surface area contributed by atoms with Crippen LogP contribution in [0.25, 0.3) is 0 Å². The fourth-order valence-electron chi connectivity index (χ4n) is 1.52. The van der Waals surface area contributed by atoms with Crippen molar-refractivity contribution in [2.24, 2.45) is 0 Å². The van der Waals surface area contributed by atoms with Crippen LogP contribution in [0.5, 0.6) is 11.6 Å². The van der Waals surface area contributed by atoms with Gasteiger partial charge in [0.1, 0.15) is 0 Å². The summed E-state index contributed by atoms with van der Waals surface area (Å²) in [5.41, 5.74) is 0.635. The van der Waals surface area contributed by atoms with E-state index in [9.17, 15) is 4.79 Å². The number of hydrogen-bond donors (Lipinski definition) is 0. The Hall–Kier alpha value is -2.37. The summed E-state index contributed by atoms with van der Waals surface area (Å²) in [6.07, 6.45) is 3.36. The second kappa shape index (κ2) is 5.31. The first-order chi connectivity index (χ1) is 8.74. The predicted octanol–water partition coefficient (Wildman–Crippen LogP) is 0.704. The van der Waals surface area contributed by atoms with Gasteiger partial charge in [-0.3, -0.25) is 9.78 Å². The number of ether oxygens (including phenoxy) is 2. The molecule has 18 heavy (non-hydrogen) atoms. The topological polar surface area (TPSA) is 66.2 Å². The van der Waals surface area contributed by atoms with Crippen LogP contribution in [0.15, 0.2) is 35.4 Å². The zero-order valence-electron chi connectivity index (χ0n) is 10.2. The van der Waals surface area contributed by atoms with E-state index >= 15 is 0 Å². The summed E-state index contributed by atoms with van der Waals surface area (Å²) in [4.78, 5) is 15.8. The Bertz CT molecular complexity index is 581. The van der Waals surface area contributed by atoms with Gasteiger partial charge >= 0.3 is 0 Å². The highest BCUT2D eigenvalue weighted by molar-refractivity contribution is 5.30. The lowest BCUT2D eigenvalue weighted by molar-refractivity contribution is 0.328. The summed E-state index contributed by atoms with van der Waals surface area (Å²) >= 11 is 0. The first-order valence-electron chi connectivity index (χ1n) is 5.33. The summed E-state index contributed by atoms with van der Waals surface area (Å²) in [5.74, 6) is 0.603. The number of nitrogens with zero attached hydrogens (tertiary/aromatic N) is 3. The third kappa shape index (κ3) is 2.48. The summed E-state index contributed by atoms with van der Waals surface area (Å²) in [7, 11) is 2.94. The van der Waals surface area contributed by atoms with E-state index in [-0.39, 0.29) is 11.4 Å². The van der Waals surface area contributed by atoms with Gasteiger partial charge in [0, 0.05) is 12.4 Å². The van der Waals surface area contributed by atoms with Crippen LogP contribution >= 0.6 is 0 Å². The van der Waals surface area contributed by atoms with Crippen molar-refractivity contribution in [1.29, 1.82) is 0 Å². The second-order valence-corrected chi connectivity index (χ2v) is 3.58. The average molecular weight is 247 g/mol. The van der Waals surface area contributed by atoms with Crippen molar-refractivity contribution >= 4 is 0 Å². The fraction of sp³-hybridized carbons (Fsp3) is 0.250. The third-order valence-electron chi connectivity index (χ3n) is 2.40. The van der Waals surface area contributed by atoms with Crippen LogP contribution in [0.4, 0.5) is 0 Å². The monoisotopic (exact) mass is 247 g/mol. The molecule has 0 N–H and O–H groups in total. The van der Waals surface area contributed by atoms with E-state index in [4.69, 9.17) is 9.47 Å². The molecule has 0 fully saturated rings. The number of hydrogen-bond acceptors (Lipinski definition) is 5. The third-order valence-corrected chi connectivity index (χ3v) is 2.40. The summed E-state index contributed by atoms with van der Waals surface area (Å²) in [6, 6.07) is 5.03. The van der Waals surface area contributed by atoms with Crippen molar-refractivity contribution < 1.29 is 9.47 Å². The molecular weight excluding hydrogens is 234 g/mol. The molecule has 0 unspecified atom stereocenters. The molecule has 2 aromatic heterocycles. The SMILES string of the molecule is COc1cc(=O)n(Cc2cccnc2)nc1OC. The summed E-state index contributed by atoms with van der Waals surface area (Å²) in [6.45, 7) is 0.340. The molecule has 6 nitrogen and oxygen atoms in total. The Morgan fingerprint density at radius 1 is 1.33 bits per heavy atom. The molecule has 94 valence electrons. The Balaban J connectivity index is 2.37. The maximum Gasteiger partial charge on any atom is 0.274 e. The van der Waals surface area contributed by atoms with Crippen LogP contribution in [-0.2, 0) is 6.54 Å². The Labute approximate surface area is 104 Å². The van der Waals surface area contributed by atoms with Crippen molar-refractivity contribution in [3.63, 3.8) is 0 Å². The smallest absolute Gasteiger partial charge is 0.274 e. The number of pyridine rings is 1. The highest BCUT2D eigenvalue weighted by Gasteiger charge is 2.09. The molecule has 0 bridgehead atoms. The van der Waals surface area contributed by atoms with Gasteiger partial charge in [-0.2, -0.15) is 0 Å². The normalized spacial score (nSPS) is 10.1. The van der Waals surface area contributed by atoms with Gasteiger partial charge in [-0.15, -0.1) is 5.10 Å². The van der Waals surface area contributed by atoms with Crippen molar-refractivity contribution in [2.45, 2.75) is 6.54 Å². The largest absolute Gasteiger partial charge is 0.491 e. The molecule has 0 aliphatic heterocycles. The molecule has 6 heteroatoms. The Morgan fingerprint density at radius 2 is 2.17 bits per heavy atom. The van der Waals surface area contributed by atoms with E-state index in [1.54, 1.807) is 18.5 Å². The molecule has 2 aromatic rings. The molecule has 0 spiro atoms. The van der Waals surface area contributed by atoms with E-state index in [2.05, 4.69) is 10.1 Å². The van der Waals surface area contributed by atoms with Gasteiger partial charge in [0.15, 0.2) is 5.75 Å². The maximum absolute atomic E-state index is 11.8. The van der Waals surface area contributed by atoms with Gasteiger partial charge in [-0.1, -0.05) is 6.07 Å². The fourth-order valence-corrected chi connectivity index (χ4v) is 1.52. The van der Waals surface area contributed by atoms with Crippen LogP contribution in [-0.4, -0.2) is 29.0 Å². The molecular formula is C12H13N3O3. The zero-order valence-corrected chi connectivity index (χ0v) is 10.2. The molecule has 0 atom stereocenters. The number of rotatable bonds is 4. The van der Waals surface area contributed by atoms with Crippen molar-refractivity contribution in [3.8, 4) is 11.6 Å². The van der Waals surface area contributed by atoms with Crippen molar-refractivity contribution in [2.75, 3.05) is 14.2 Å². The molecule has 0 radical (unpaired) electrons. The van der Waals surface area contributed by atoms with Crippen molar-refractivity contribution in [3.05, 3.63) is 46.5 Å². The maximum atomic E-state index is 11.8. The van der Waals surface area contributed by atoms with Crippen LogP contribution in [0.1, 0.15) is 5.56 Å². The summed E-state index contributed by atoms with van der Waals surface area (Å²) in [5, 5.41) is 4.09. The van der Waals surface area contributed by atoms with Crippen LogP contribution in [0.3, 0.4) is 0 Å². The van der Waals surface area contributed by atoms with Gasteiger partial charge in [0.2, 0.25) is 0 Å². The summed E-state index contributed by atoms with van der Waals surface area (Å²) < 4.78 is 11.4. The van der Waals surface area contributed by atoms with E-state index in [1.807, 2.05) is 6.07 Å². The van der Waals surface area contributed by atoms with E-state index in [1.165, 1.54) is 25.0 Å². The van der Waals surface area contributed by atoms with Crippen LogP contribution in [0, 0.1) is 0 Å². The van der Waals surface area contributed by atoms with Gasteiger partial charge in [-0.05, 0) is 11.6 Å². The molecule has 2 heterocycles. The van der Waals surface area contributed by atoms with Crippen LogP contribution in [0.2, 0.25) is 0 Å². The first-order valence-corrected chi connectivity index (χ1v) is 5.33. The second-order valence-electron chi connectivity index (χ2n) is 3.58. The van der Waals surface area contributed by atoms with E-state index in [0.717, 1.165) is 5.56 Å². The van der Waals surface area contributed by atoms with Gasteiger partial charge in [-0.25, -0.2) is 4.68 Å². The average Bonchev–Trinajstić information content (AvgIpc) is 2.41. The minimum absolute atomic E-state index is 0.253. The van der Waals surface area contributed by atoms with Gasteiger partial charge in [0.25, 0.3) is 11.4 Å². The molecule has 0 saturated carbocycles. The quantitative estimate of drug-likeness (QED) is 0.795. The highest BCUT2D eigenvalue weighted by atomic mass is 16.5. The van der Waals surface area contributed by atoms with E-state index < -0.39 is 0 Å². The lowest BCUT2D eigenvalue weighted by atomic mass is 10.3. The standard InChI is InChI=1S/C12H13N3O3/c1-17-10-6-11(16)15(14-12(10)18-2)8-9-4-3-5-13-7-9/h3-7H,8H2,1-2H3. The first kappa shape index (κ1) is 12.1. The molecule has 0 aromatic carbocycles. The minimum atomic E-state index is -0.253. The van der Waals surface area contributed by atoms with Gasteiger partial charge < -0.3 is 9.47 Å². The lowest BCUT2D eigenvalue weighted by Crippen LogP contribution is -2.23. The van der Waals surface area contributed by atoms with Gasteiger partial charge in [0.05, 0.1) is 26.8 Å². The van der Waals surface area contributed by atoms with Crippen molar-refractivity contribution in [1.82, 2.24) is 14.8 Å². The predicted molar refractivity (Wildman–Crippen MR) is 64.9 cm³/mol. The number of aromatic nitrogens is 3. The minimum Gasteiger partial charge on any atom is -0.491 e. The molecule has 0 amide bonds. The van der Waals surface area contributed by atoms with E-state index in [0.29, 0.717) is 12.3 Å².